The van der Waals surface area contributed by atoms with Crippen LogP contribution < -0.4 is 10.6 Å². The molecule has 1 aliphatic carbocycles. The Balaban J connectivity index is 0.00000264. The summed E-state index contributed by atoms with van der Waals surface area (Å²) in [7, 11) is 1.82. The first-order chi connectivity index (χ1) is 10.7. The van der Waals surface area contributed by atoms with Gasteiger partial charge in [-0.3, -0.25) is 9.98 Å². The Morgan fingerprint density at radius 2 is 2.13 bits per heavy atom. The number of nitrogens with one attached hydrogen (secondary N) is 2. The standard InChI is InChI=1S/C18H30N4.HI/c1-14-6-4-8-16(12-14)10-11-20-18(19-3)21-13-17-9-5-7-15(2)22-17;/h5,7,9,14,16H,4,6,8,10-13H2,1-3H3,(H2,19,20,21);1H. The molecule has 2 N–H and O–H groups in total. The Morgan fingerprint density at radius 3 is 2.83 bits per heavy atom. The molecule has 2 atom stereocenters. The summed E-state index contributed by atoms with van der Waals surface area (Å²) in [5.41, 5.74) is 2.10. The van der Waals surface area contributed by atoms with E-state index in [4.69, 9.17) is 0 Å². The van der Waals surface area contributed by atoms with Gasteiger partial charge in [0.05, 0.1) is 12.2 Å². The number of aliphatic imine (C=N–C) groups is 1. The molecule has 0 saturated heterocycles. The highest BCUT2D eigenvalue weighted by Crippen LogP contribution is 2.30. The van der Waals surface area contributed by atoms with Gasteiger partial charge in [-0.2, -0.15) is 0 Å². The highest BCUT2D eigenvalue weighted by atomic mass is 127. The van der Waals surface area contributed by atoms with Gasteiger partial charge in [0.1, 0.15) is 0 Å². The van der Waals surface area contributed by atoms with Crippen molar-refractivity contribution in [2.45, 2.75) is 52.5 Å². The maximum atomic E-state index is 4.50. The zero-order chi connectivity index (χ0) is 15.8. The minimum Gasteiger partial charge on any atom is -0.356 e. The van der Waals surface area contributed by atoms with Crippen LogP contribution in [0.2, 0.25) is 0 Å². The fourth-order valence-electron chi connectivity index (χ4n) is 3.31. The average molecular weight is 430 g/mol. The Bertz CT molecular complexity index is 490. The number of hydrogen-bond acceptors (Lipinski definition) is 2. The van der Waals surface area contributed by atoms with E-state index in [-0.39, 0.29) is 24.0 Å². The molecular formula is C18H31IN4. The van der Waals surface area contributed by atoms with Crippen molar-refractivity contribution in [3.8, 4) is 0 Å². The van der Waals surface area contributed by atoms with E-state index in [0.717, 1.165) is 35.7 Å². The second-order valence-electron chi connectivity index (χ2n) is 6.55. The number of aryl methyl sites for hydroxylation is 1. The molecule has 1 fully saturated rings. The summed E-state index contributed by atoms with van der Waals surface area (Å²) in [5.74, 6) is 2.66. The molecule has 1 aliphatic rings. The largest absolute Gasteiger partial charge is 0.356 e. The summed E-state index contributed by atoms with van der Waals surface area (Å²) in [6, 6.07) is 6.10. The zero-order valence-corrected chi connectivity index (χ0v) is 17.0. The molecule has 4 nitrogen and oxygen atoms in total. The summed E-state index contributed by atoms with van der Waals surface area (Å²) >= 11 is 0. The summed E-state index contributed by atoms with van der Waals surface area (Å²) in [6.45, 7) is 6.11. The van der Waals surface area contributed by atoms with Crippen molar-refractivity contribution in [2.75, 3.05) is 13.6 Å². The highest BCUT2D eigenvalue weighted by Gasteiger charge is 2.18. The van der Waals surface area contributed by atoms with Crippen LogP contribution in [0.5, 0.6) is 0 Å². The van der Waals surface area contributed by atoms with E-state index in [2.05, 4.69) is 27.5 Å². The average Bonchev–Trinajstić information content (AvgIpc) is 2.51. The second-order valence-corrected chi connectivity index (χ2v) is 6.55. The van der Waals surface area contributed by atoms with E-state index in [1.807, 2.05) is 32.2 Å². The maximum absolute atomic E-state index is 4.50. The first kappa shape index (κ1) is 20.2. The smallest absolute Gasteiger partial charge is 0.191 e. The van der Waals surface area contributed by atoms with Crippen LogP contribution in [-0.2, 0) is 6.54 Å². The summed E-state index contributed by atoms with van der Waals surface area (Å²) in [6.07, 6.45) is 6.84. The molecule has 0 aromatic carbocycles. The third kappa shape index (κ3) is 7.50. The van der Waals surface area contributed by atoms with E-state index in [1.54, 1.807) is 0 Å². The third-order valence-electron chi connectivity index (χ3n) is 4.50. The van der Waals surface area contributed by atoms with E-state index >= 15 is 0 Å². The fourth-order valence-corrected chi connectivity index (χ4v) is 3.31. The third-order valence-corrected chi connectivity index (χ3v) is 4.50. The van der Waals surface area contributed by atoms with E-state index in [1.165, 1.54) is 32.1 Å². The summed E-state index contributed by atoms with van der Waals surface area (Å²) < 4.78 is 0. The Hall–Kier alpha value is -0.850. The van der Waals surface area contributed by atoms with Gasteiger partial charge in [0.2, 0.25) is 0 Å². The molecule has 23 heavy (non-hydrogen) atoms. The van der Waals surface area contributed by atoms with Crippen LogP contribution in [0.1, 0.15) is 50.4 Å². The number of aromatic nitrogens is 1. The van der Waals surface area contributed by atoms with Crippen LogP contribution in [0.15, 0.2) is 23.2 Å². The van der Waals surface area contributed by atoms with Gasteiger partial charge in [-0.15, -0.1) is 24.0 Å². The van der Waals surface area contributed by atoms with Crippen molar-refractivity contribution in [2.24, 2.45) is 16.8 Å². The molecule has 0 radical (unpaired) electrons. The van der Waals surface area contributed by atoms with Gasteiger partial charge in [0, 0.05) is 19.3 Å². The number of guanidine groups is 1. The molecular weight excluding hydrogens is 399 g/mol. The number of pyridine rings is 1. The van der Waals surface area contributed by atoms with Crippen molar-refractivity contribution < 1.29 is 0 Å². The van der Waals surface area contributed by atoms with E-state index in [9.17, 15) is 0 Å². The summed E-state index contributed by atoms with van der Waals surface area (Å²) in [4.78, 5) is 8.79. The lowest BCUT2D eigenvalue weighted by Gasteiger charge is -2.26. The van der Waals surface area contributed by atoms with E-state index in [0.29, 0.717) is 6.54 Å². The first-order valence-corrected chi connectivity index (χ1v) is 8.54. The lowest BCUT2D eigenvalue weighted by molar-refractivity contribution is 0.270. The van der Waals surface area contributed by atoms with Crippen LogP contribution in [0.4, 0.5) is 0 Å². The molecule has 1 heterocycles. The molecule has 1 aromatic heterocycles. The first-order valence-electron chi connectivity index (χ1n) is 8.54. The molecule has 0 bridgehead atoms. The lowest BCUT2D eigenvalue weighted by Crippen LogP contribution is -2.38. The van der Waals surface area contributed by atoms with E-state index < -0.39 is 0 Å². The summed E-state index contributed by atoms with van der Waals surface area (Å²) in [5, 5.41) is 6.76. The van der Waals surface area contributed by atoms with Crippen LogP contribution in [0, 0.1) is 18.8 Å². The zero-order valence-electron chi connectivity index (χ0n) is 14.6. The van der Waals surface area contributed by atoms with Crippen molar-refractivity contribution in [3.05, 3.63) is 29.6 Å². The molecule has 2 unspecified atom stereocenters. The highest BCUT2D eigenvalue weighted by molar-refractivity contribution is 14.0. The van der Waals surface area contributed by atoms with Crippen LogP contribution in [0.3, 0.4) is 0 Å². The van der Waals surface area contributed by atoms with Gasteiger partial charge < -0.3 is 10.6 Å². The van der Waals surface area contributed by atoms with Gasteiger partial charge in [0.25, 0.3) is 0 Å². The molecule has 0 amide bonds. The molecule has 2 rings (SSSR count). The normalized spacial score (nSPS) is 21.4. The number of nitrogens with zero attached hydrogens (tertiary/aromatic N) is 2. The van der Waals surface area contributed by atoms with Crippen molar-refractivity contribution in [3.63, 3.8) is 0 Å². The molecule has 1 saturated carbocycles. The SMILES string of the molecule is CN=C(NCCC1CCCC(C)C1)NCc1cccc(C)n1.I. The molecule has 5 heteroatoms. The van der Waals surface area contributed by atoms with Crippen molar-refractivity contribution in [1.29, 1.82) is 0 Å². The number of rotatable bonds is 5. The fraction of sp³-hybridized carbons (Fsp3) is 0.667. The Kier molecular flexibility index (Phi) is 9.52. The van der Waals surface area contributed by atoms with Gasteiger partial charge in [-0.25, -0.2) is 0 Å². The Labute approximate surface area is 158 Å². The number of hydrogen-bond donors (Lipinski definition) is 2. The van der Waals surface area contributed by atoms with Gasteiger partial charge in [0.15, 0.2) is 5.96 Å². The lowest BCUT2D eigenvalue weighted by atomic mass is 9.81. The minimum atomic E-state index is 0. The molecule has 0 spiro atoms. The molecule has 1 aromatic rings. The number of halogens is 1. The van der Waals surface area contributed by atoms with Crippen molar-refractivity contribution >= 4 is 29.9 Å². The molecule has 130 valence electrons. The predicted octanol–water partition coefficient (Wildman–Crippen LogP) is 3.89. The van der Waals surface area contributed by atoms with Gasteiger partial charge in [-0.05, 0) is 43.7 Å². The van der Waals surface area contributed by atoms with Gasteiger partial charge >= 0.3 is 0 Å². The Morgan fingerprint density at radius 1 is 1.30 bits per heavy atom. The maximum Gasteiger partial charge on any atom is 0.191 e. The van der Waals surface area contributed by atoms with Crippen LogP contribution >= 0.6 is 24.0 Å². The molecule has 0 aliphatic heterocycles. The monoisotopic (exact) mass is 430 g/mol. The van der Waals surface area contributed by atoms with Crippen LogP contribution in [-0.4, -0.2) is 24.5 Å². The predicted molar refractivity (Wildman–Crippen MR) is 108 cm³/mol. The quantitative estimate of drug-likeness (QED) is 0.424. The minimum absolute atomic E-state index is 0. The topological polar surface area (TPSA) is 49.3 Å². The van der Waals surface area contributed by atoms with Crippen LogP contribution in [0.25, 0.3) is 0 Å². The second kappa shape index (κ2) is 10.8. The van der Waals surface area contributed by atoms with Crippen molar-refractivity contribution in [1.82, 2.24) is 15.6 Å². The van der Waals surface area contributed by atoms with Gasteiger partial charge in [-0.1, -0.05) is 32.3 Å².